The number of halogens is 2. The van der Waals surface area contributed by atoms with Crippen molar-refractivity contribution in [2.45, 2.75) is 13.8 Å². The lowest BCUT2D eigenvalue weighted by atomic mass is 10.1. The minimum absolute atomic E-state index is 0.0335. The van der Waals surface area contributed by atoms with E-state index >= 15 is 0 Å². The summed E-state index contributed by atoms with van der Waals surface area (Å²) in [5.74, 6) is -2.46. The molecule has 0 atom stereocenters. The minimum Gasteiger partial charge on any atom is -0.496 e. The minimum atomic E-state index is -0.640. The average Bonchev–Trinajstić information content (AvgIpc) is 2.83. The lowest BCUT2D eigenvalue weighted by Gasteiger charge is -2.15. The fraction of sp³-hybridized carbons (Fsp3) is 0.200. The summed E-state index contributed by atoms with van der Waals surface area (Å²) in [4.78, 5) is 25.9. The van der Waals surface area contributed by atoms with Crippen LogP contribution in [0.15, 0.2) is 54.6 Å². The van der Waals surface area contributed by atoms with Crippen molar-refractivity contribution in [2.75, 3.05) is 31.0 Å². The highest BCUT2D eigenvalue weighted by molar-refractivity contribution is 6.10. The third kappa shape index (κ3) is 5.43. The van der Waals surface area contributed by atoms with Gasteiger partial charge in [0.1, 0.15) is 5.75 Å². The first-order valence-corrected chi connectivity index (χ1v) is 10.5. The van der Waals surface area contributed by atoms with Gasteiger partial charge in [-0.05, 0) is 56.3 Å². The van der Waals surface area contributed by atoms with Crippen molar-refractivity contribution in [2.24, 2.45) is 0 Å². The Morgan fingerprint density at radius 1 is 0.794 bits per heavy atom. The van der Waals surface area contributed by atoms with Gasteiger partial charge < -0.3 is 24.8 Å². The van der Waals surface area contributed by atoms with Crippen molar-refractivity contribution < 1.29 is 32.6 Å². The first-order valence-electron chi connectivity index (χ1n) is 10.5. The monoisotopic (exact) mass is 470 g/mol. The first kappa shape index (κ1) is 24.5. The molecule has 0 heterocycles. The Balaban J connectivity index is 1.90. The third-order valence-electron chi connectivity index (χ3n) is 4.71. The topological polar surface area (TPSA) is 85.9 Å². The molecule has 3 aromatic rings. The van der Waals surface area contributed by atoms with Crippen molar-refractivity contribution in [3.8, 4) is 17.2 Å². The van der Waals surface area contributed by atoms with Gasteiger partial charge in [-0.15, -0.1) is 0 Å². The van der Waals surface area contributed by atoms with Crippen molar-refractivity contribution >= 4 is 23.2 Å². The summed E-state index contributed by atoms with van der Waals surface area (Å²) in [5.41, 5.74) is 0.424. The molecule has 0 aliphatic carbocycles. The number of carbonyl (C=O) groups excluding carboxylic acids is 2. The Morgan fingerprint density at radius 3 is 1.82 bits per heavy atom. The van der Waals surface area contributed by atoms with Gasteiger partial charge in [-0.1, -0.05) is 12.1 Å². The summed E-state index contributed by atoms with van der Waals surface area (Å²) in [6, 6.07) is 12.5. The number of anilines is 2. The Kier molecular flexibility index (Phi) is 8.02. The third-order valence-corrected chi connectivity index (χ3v) is 4.71. The number of carbonyl (C=O) groups is 2. The Bertz CT molecular complexity index is 1200. The van der Waals surface area contributed by atoms with Crippen molar-refractivity contribution in [3.63, 3.8) is 0 Å². The molecule has 0 saturated heterocycles. The van der Waals surface area contributed by atoms with Crippen LogP contribution in [-0.2, 0) is 0 Å². The van der Waals surface area contributed by atoms with Gasteiger partial charge in [0.05, 0.1) is 37.3 Å². The molecular formula is C25H24F2N2O5. The summed E-state index contributed by atoms with van der Waals surface area (Å²) in [5, 5.41) is 5.18. The smallest absolute Gasteiger partial charge is 0.259 e. The summed E-state index contributed by atoms with van der Waals surface area (Å²) >= 11 is 0. The van der Waals surface area contributed by atoms with Crippen LogP contribution in [0.25, 0.3) is 0 Å². The maximum absolute atomic E-state index is 14.1. The molecule has 0 bridgehead atoms. The number of rotatable bonds is 9. The predicted molar refractivity (Wildman–Crippen MR) is 124 cm³/mol. The predicted octanol–water partition coefficient (Wildman–Crippen LogP) is 5.28. The molecule has 0 radical (unpaired) electrons. The van der Waals surface area contributed by atoms with Gasteiger partial charge in [0.2, 0.25) is 0 Å². The molecule has 0 aliphatic rings. The lowest BCUT2D eigenvalue weighted by molar-refractivity contribution is 0.102. The molecule has 0 fully saturated rings. The average molecular weight is 470 g/mol. The van der Waals surface area contributed by atoms with Crippen molar-refractivity contribution in [1.82, 2.24) is 0 Å². The first-order chi connectivity index (χ1) is 16.4. The largest absolute Gasteiger partial charge is 0.496 e. The van der Waals surface area contributed by atoms with Gasteiger partial charge in [0, 0.05) is 5.56 Å². The van der Waals surface area contributed by atoms with Crippen LogP contribution >= 0.6 is 0 Å². The SMILES string of the molecule is CCOc1c(F)cccc1NC(=O)c1ccc(OC)c(C(=O)Nc2cccc(F)c2OCC)c1. The molecule has 0 saturated carbocycles. The van der Waals surface area contributed by atoms with E-state index in [0.717, 1.165) is 0 Å². The second-order valence-corrected chi connectivity index (χ2v) is 6.92. The van der Waals surface area contributed by atoms with Gasteiger partial charge >= 0.3 is 0 Å². The standard InChI is InChI=1S/C25H24F2N2O5/c1-4-33-22-17(26)8-6-10-19(22)28-24(30)15-12-13-21(32-3)16(14-15)25(31)29-20-11-7-9-18(27)23(20)34-5-2/h6-14H,4-5H2,1-3H3,(H,28,30)(H,29,31). The lowest BCUT2D eigenvalue weighted by Crippen LogP contribution is -2.17. The second-order valence-electron chi connectivity index (χ2n) is 6.92. The number of nitrogens with one attached hydrogen (secondary N) is 2. The Morgan fingerprint density at radius 2 is 1.32 bits per heavy atom. The fourth-order valence-electron chi connectivity index (χ4n) is 3.21. The van der Waals surface area contributed by atoms with E-state index in [1.165, 1.54) is 61.7 Å². The molecule has 178 valence electrons. The molecule has 0 spiro atoms. The zero-order valence-electron chi connectivity index (χ0n) is 18.9. The number of hydrogen-bond acceptors (Lipinski definition) is 5. The van der Waals surface area contributed by atoms with Crippen LogP contribution in [0.5, 0.6) is 17.2 Å². The van der Waals surface area contributed by atoms with Gasteiger partial charge in [0.15, 0.2) is 23.1 Å². The van der Waals surface area contributed by atoms with E-state index in [1.54, 1.807) is 13.8 Å². The van der Waals surface area contributed by atoms with Crippen LogP contribution in [0.3, 0.4) is 0 Å². The maximum Gasteiger partial charge on any atom is 0.259 e. The summed E-state index contributed by atoms with van der Waals surface area (Å²) < 4.78 is 44.1. The molecule has 0 aliphatic heterocycles. The van der Waals surface area contributed by atoms with Crippen LogP contribution in [0.1, 0.15) is 34.6 Å². The van der Waals surface area contributed by atoms with Gasteiger partial charge in [-0.2, -0.15) is 0 Å². The summed E-state index contributed by atoms with van der Waals surface area (Å²) in [7, 11) is 1.38. The van der Waals surface area contributed by atoms with Gasteiger partial charge in [0.25, 0.3) is 11.8 Å². The zero-order valence-corrected chi connectivity index (χ0v) is 18.9. The van der Waals surface area contributed by atoms with Crippen molar-refractivity contribution in [1.29, 1.82) is 0 Å². The van der Waals surface area contributed by atoms with E-state index in [4.69, 9.17) is 14.2 Å². The van der Waals surface area contributed by atoms with Crippen LogP contribution < -0.4 is 24.8 Å². The molecule has 2 N–H and O–H groups in total. The Hall–Kier alpha value is -4.14. The number of hydrogen-bond donors (Lipinski definition) is 2. The zero-order chi connectivity index (χ0) is 24.7. The molecule has 9 heteroatoms. The fourth-order valence-corrected chi connectivity index (χ4v) is 3.21. The molecule has 0 unspecified atom stereocenters. The number of ether oxygens (including phenoxy) is 3. The number of amides is 2. The van der Waals surface area contributed by atoms with Crippen LogP contribution in [-0.4, -0.2) is 32.1 Å². The summed E-state index contributed by atoms with van der Waals surface area (Å²) in [6.07, 6.45) is 0. The molecule has 2 amide bonds. The van der Waals surface area contributed by atoms with Crippen LogP contribution in [0.2, 0.25) is 0 Å². The highest BCUT2D eigenvalue weighted by atomic mass is 19.1. The van der Waals surface area contributed by atoms with E-state index in [2.05, 4.69) is 10.6 Å². The second kappa shape index (κ2) is 11.1. The van der Waals surface area contributed by atoms with E-state index < -0.39 is 23.4 Å². The number of benzene rings is 3. The maximum atomic E-state index is 14.1. The number of methoxy groups -OCH3 is 1. The molecule has 0 aromatic heterocycles. The highest BCUT2D eigenvalue weighted by Crippen LogP contribution is 2.31. The molecule has 34 heavy (non-hydrogen) atoms. The number of para-hydroxylation sites is 2. The molecule has 3 rings (SSSR count). The molecular weight excluding hydrogens is 446 g/mol. The Labute approximate surface area is 195 Å². The van der Waals surface area contributed by atoms with Crippen LogP contribution in [0.4, 0.5) is 20.2 Å². The molecule has 7 nitrogen and oxygen atoms in total. The van der Waals surface area contributed by atoms with E-state index in [-0.39, 0.29) is 53.0 Å². The van der Waals surface area contributed by atoms with Gasteiger partial charge in [-0.3, -0.25) is 9.59 Å². The van der Waals surface area contributed by atoms with E-state index in [1.807, 2.05) is 0 Å². The molecule has 3 aromatic carbocycles. The quantitative estimate of drug-likeness (QED) is 0.445. The van der Waals surface area contributed by atoms with Gasteiger partial charge in [-0.25, -0.2) is 8.78 Å². The van der Waals surface area contributed by atoms with Crippen LogP contribution in [0, 0.1) is 11.6 Å². The van der Waals surface area contributed by atoms with E-state index in [0.29, 0.717) is 0 Å². The van der Waals surface area contributed by atoms with E-state index in [9.17, 15) is 18.4 Å². The summed E-state index contributed by atoms with van der Waals surface area (Å²) in [6.45, 7) is 3.80. The van der Waals surface area contributed by atoms with Crippen molar-refractivity contribution in [3.05, 3.63) is 77.4 Å². The highest BCUT2D eigenvalue weighted by Gasteiger charge is 2.20. The normalized spacial score (nSPS) is 10.4.